The molecule has 4 amide bonds. The second kappa shape index (κ2) is 12.6. The van der Waals surface area contributed by atoms with Crippen LogP contribution >= 0.6 is 11.8 Å². The van der Waals surface area contributed by atoms with E-state index in [1.165, 1.54) is 55.7 Å². The lowest BCUT2D eigenvalue weighted by molar-refractivity contribution is -0.137. The van der Waals surface area contributed by atoms with Crippen LogP contribution in [0.3, 0.4) is 0 Å². The van der Waals surface area contributed by atoms with E-state index in [2.05, 4.69) is 5.32 Å². The summed E-state index contributed by atoms with van der Waals surface area (Å²) < 4.78 is 29.3. The maximum Gasteiger partial charge on any atom is 0.293 e. The van der Waals surface area contributed by atoms with Crippen LogP contribution in [0.15, 0.2) is 47.4 Å². The first kappa shape index (κ1) is 27.1. The molecule has 0 spiro atoms. The Kier molecular flexibility index (Phi) is 8.98. The Morgan fingerprint density at radius 3 is 2.55 bits per heavy atom. The summed E-state index contributed by atoms with van der Waals surface area (Å²) in [5.74, 6) is -0.885. The molecule has 2 aliphatic rings. The maximum absolute atomic E-state index is 13.1. The van der Waals surface area contributed by atoms with Crippen LogP contribution < -0.4 is 14.8 Å². The molecule has 2 aromatic carbocycles. The number of hydrogen-bond acceptors (Lipinski definition) is 8. The molecule has 4 rings (SSSR count). The minimum atomic E-state index is -0.478. The first-order chi connectivity index (χ1) is 18.4. The average Bonchev–Trinajstić information content (AvgIpc) is 3.20. The minimum Gasteiger partial charge on any atom is -0.493 e. The lowest BCUT2D eigenvalue weighted by Crippen LogP contribution is -2.43. The van der Waals surface area contributed by atoms with E-state index >= 15 is 0 Å². The SMILES string of the molecule is COc1cc(C(=O)NCCN2C(=O)SC(=Cc3ccc(F)cc3)C2=O)ccc1OCC(=O)N1CCOCC1. The zero-order valence-electron chi connectivity index (χ0n) is 20.6. The zero-order valence-corrected chi connectivity index (χ0v) is 21.4. The molecule has 2 aromatic rings. The van der Waals surface area contributed by atoms with Crippen LogP contribution in [0.2, 0.25) is 0 Å². The van der Waals surface area contributed by atoms with Crippen molar-refractivity contribution in [1.29, 1.82) is 0 Å². The number of rotatable bonds is 9. The third-order valence-electron chi connectivity index (χ3n) is 5.80. The molecule has 2 saturated heterocycles. The summed E-state index contributed by atoms with van der Waals surface area (Å²) in [6.45, 7) is 1.86. The van der Waals surface area contributed by atoms with Gasteiger partial charge in [0.2, 0.25) is 0 Å². The number of ether oxygens (including phenoxy) is 3. The third kappa shape index (κ3) is 6.69. The molecule has 10 nitrogen and oxygen atoms in total. The Labute approximate surface area is 222 Å². The maximum atomic E-state index is 13.1. The fourth-order valence-electron chi connectivity index (χ4n) is 3.76. The first-order valence-corrected chi connectivity index (χ1v) is 12.6. The standard InChI is InChI=1S/C26H26FN3O7S/c1-35-21-15-18(4-7-20(21)37-16-23(31)29-10-12-36-13-11-29)24(32)28-8-9-30-25(33)22(38-26(30)34)14-17-2-5-19(27)6-3-17/h2-7,14-15H,8-13,16H2,1H3,(H,28,32). The normalized spacial score (nSPS) is 16.6. The molecule has 200 valence electrons. The Morgan fingerprint density at radius 1 is 1.11 bits per heavy atom. The highest BCUT2D eigenvalue weighted by atomic mass is 32.2. The number of carbonyl (C=O) groups is 4. The van der Waals surface area contributed by atoms with E-state index < -0.39 is 22.9 Å². The molecular formula is C26H26FN3O7S. The summed E-state index contributed by atoms with van der Waals surface area (Å²) in [6, 6.07) is 10.1. The number of carbonyl (C=O) groups excluding carboxylic acids is 4. The van der Waals surface area contributed by atoms with E-state index in [0.29, 0.717) is 37.6 Å². The van der Waals surface area contributed by atoms with Gasteiger partial charge in [-0.25, -0.2) is 4.39 Å². The van der Waals surface area contributed by atoms with Gasteiger partial charge < -0.3 is 24.4 Å². The van der Waals surface area contributed by atoms with E-state index in [9.17, 15) is 23.6 Å². The number of hydrogen-bond donors (Lipinski definition) is 1. The van der Waals surface area contributed by atoms with Crippen molar-refractivity contribution in [2.45, 2.75) is 0 Å². The number of imide groups is 1. The van der Waals surface area contributed by atoms with Crippen LogP contribution in [-0.2, 0) is 14.3 Å². The Balaban J connectivity index is 1.29. The van der Waals surface area contributed by atoms with Crippen molar-refractivity contribution < 1.29 is 37.8 Å². The van der Waals surface area contributed by atoms with Gasteiger partial charge in [-0.05, 0) is 53.7 Å². The predicted octanol–water partition coefficient (Wildman–Crippen LogP) is 2.54. The number of benzene rings is 2. The molecule has 12 heteroatoms. The van der Waals surface area contributed by atoms with Crippen LogP contribution in [0, 0.1) is 5.82 Å². The summed E-state index contributed by atoms with van der Waals surface area (Å²) in [5, 5.41) is 2.23. The van der Waals surface area contributed by atoms with Crippen molar-refractivity contribution in [2.24, 2.45) is 0 Å². The summed E-state index contributed by atoms with van der Waals surface area (Å²) in [4.78, 5) is 52.8. The second-order valence-corrected chi connectivity index (χ2v) is 9.28. The highest BCUT2D eigenvalue weighted by Gasteiger charge is 2.34. The number of morpholine rings is 1. The molecule has 38 heavy (non-hydrogen) atoms. The zero-order chi connectivity index (χ0) is 27.1. The van der Waals surface area contributed by atoms with Crippen LogP contribution in [0.4, 0.5) is 9.18 Å². The predicted molar refractivity (Wildman–Crippen MR) is 137 cm³/mol. The second-order valence-electron chi connectivity index (χ2n) is 8.29. The number of methoxy groups -OCH3 is 1. The lowest BCUT2D eigenvalue weighted by Gasteiger charge is -2.26. The molecule has 2 aliphatic heterocycles. The largest absolute Gasteiger partial charge is 0.493 e. The topological polar surface area (TPSA) is 114 Å². The molecule has 1 N–H and O–H groups in total. The molecule has 0 bridgehead atoms. The molecule has 0 radical (unpaired) electrons. The van der Waals surface area contributed by atoms with Gasteiger partial charge in [-0.15, -0.1) is 0 Å². The third-order valence-corrected chi connectivity index (χ3v) is 6.71. The van der Waals surface area contributed by atoms with Crippen LogP contribution in [0.25, 0.3) is 6.08 Å². The number of amides is 4. The Hall–Kier alpha value is -3.90. The van der Waals surface area contributed by atoms with E-state index in [1.54, 1.807) is 4.90 Å². The fourth-order valence-corrected chi connectivity index (χ4v) is 4.62. The van der Waals surface area contributed by atoms with Crippen LogP contribution in [0.1, 0.15) is 15.9 Å². The molecule has 2 fully saturated rings. The monoisotopic (exact) mass is 543 g/mol. The molecule has 0 aromatic heterocycles. The van der Waals surface area contributed by atoms with E-state index in [0.717, 1.165) is 16.7 Å². The van der Waals surface area contributed by atoms with Gasteiger partial charge >= 0.3 is 0 Å². The van der Waals surface area contributed by atoms with Crippen molar-refractivity contribution in [3.05, 3.63) is 64.3 Å². The molecule has 0 saturated carbocycles. The van der Waals surface area contributed by atoms with Gasteiger partial charge in [0.15, 0.2) is 18.1 Å². The highest BCUT2D eigenvalue weighted by Crippen LogP contribution is 2.32. The number of thioether (sulfide) groups is 1. The van der Waals surface area contributed by atoms with Crippen LogP contribution in [-0.4, -0.2) is 85.9 Å². The molecular weight excluding hydrogens is 517 g/mol. The highest BCUT2D eigenvalue weighted by molar-refractivity contribution is 8.18. The van der Waals surface area contributed by atoms with E-state index in [1.807, 2.05) is 0 Å². The molecule has 0 aliphatic carbocycles. The van der Waals surface area contributed by atoms with Gasteiger partial charge in [0.25, 0.3) is 23.0 Å². The molecule has 0 unspecified atom stereocenters. The van der Waals surface area contributed by atoms with Gasteiger partial charge in [0.05, 0.1) is 25.2 Å². The summed E-state index contributed by atoms with van der Waals surface area (Å²) in [7, 11) is 1.42. The van der Waals surface area contributed by atoms with Crippen molar-refractivity contribution in [1.82, 2.24) is 15.1 Å². The molecule has 2 heterocycles. The number of halogens is 1. The van der Waals surface area contributed by atoms with Gasteiger partial charge in [-0.1, -0.05) is 12.1 Å². The quantitative estimate of drug-likeness (QED) is 0.480. The van der Waals surface area contributed by atoms with Gasteiger partial charge in [-0.3, -0.25) is 24.1 Å². The number of nitrogens with one attached hydrogen (secondary N) is 1. The summed E-state index contributed by atoms with van der Waals surface area (Å²) in [6.07, 6.45) is 1.52. The van der Waals surface area contributed by atoms with Crippen molar-refractivity contribution in [3.63, 3.8) is 0 Å². The summed E-state index contributed by atoms with van der Waals surface area (Å²) >= 11 is 0.787. The molecule has 0 atom stereocenters. The average molecular weight is 544 g/mol. The lowest BCUT2D eigenvalue weighted by atomic mass is 10.2. The van der Waals surface area contributed by atoms with E-state index in [-0.39, 0.29) is 41.8 Å². The number of nitrogens with zero attached hydrogens (tertiary/aromatic N) is 2. The van der Waals surface area contributed by atoms with Crippen molar-refractivity contribution in [3.8, 4) is 11.5 Å². The van der Waals surface area contributed by atoms with Crippen molar-refractivity contribution in [2.75, 3.05) is 53.1 Å². The first-order valence-electron chi connectivity index (χ1n) is 11.8. The van der Waals surface area contributed by atoms with Crippen LogP contribution in [0.5, 0.6) is 11.5 Å². The van der Waals surface area contributed by atoms with Gasteiger partial charge in [0.1, 0.15) is 5.82 Å². The fraction of sp³-hybridized carbons (Fsp3) is 0.308. The van der Waals surface area contributed by atoms with Gasteiger partial charge in [0, 0.05) is 31.7 Å². The van der Waals surface area contributed by atoms with Gasteiger partial charge in [-0.2, -0.15) is 0 Å². The summed E-state index contributed by atoms with van der Waals surface area (Å²) in [5.41, 5.74) is 0.871. The Bertz CT molecular complexity index is 1250. The van der Waals surface area contributed by atoms with Crippen molar-refractivity contribution >= 4 is 40.8 Å². The van der Waals surface area contributed by atoms with E-state index in [4.69, 9.17) is 14.2 Å². The smallest absolute Gasteiger partial charge is 0.293 e. The minimum absolute atomic E-state index is 0.0147. The Morgan fingerprint density at radius 2 is 1.84 bits per heavy atom.